The Balaban J connectivity index is 1.99. The monoisotopic (exact) mass is 295 g/mol. The van der Waals surface area contributed by atoms with Crippen LogP contribution >= 0.6 is 0 Å². The molecule has 0 aliphatic heterocycles. The molecule has 0 amide bonds. The second-order valence-electron chi connectivity index (χ2n) is 5.75. The van der Waals surface area contributed by atoms with Gasteiger partial charge in [0.1, 0.15) is 11.6 Å². The zero-order chi connectivity index (χ0) is 15.5. The van der Waals surface area contributed by atoms with E-state index >= 15 is 0 Å². The molecule has 4 heteroatoms. The van der Waals surface area contributed by atoms with Gasteiger partial charge in [-0.25, -0.2) is 4.98 Å². The second-order valence-corrected chi connectivity index (χ2v) is 5.75. The summed E-state index contributed by atoms with van der Waals surface area (Å²) in [6.07, 6.45) is 3.83. The van der Waals surface area contributed by atoms with Crippen molar-refractivity contribution >= 4 is 11.3 Å². The van der Waals surface area contributed by atoms with Crippen LogP contribution in [0.1, 0.15) is 13.8 Å². The van der Waals surface area contributed by atoms with Crippen LogP contribution in [0.3, 0.4) is 0 Å². The zero-order valence-electron chi connectivity index (χ0n) is 13.2. The van der Waals surface area contributed by atoms with Gasteiger partial charge in [-0.3, -0.25) is 0 Å². The number of benzene rings is 1. The molecule has 0 bridgehead atoms. The first-order valence-electron chi connectivity index (χ1n) is 7.53. The van der Waals surface area contributed by atoms with Gasteiger partial charge >= 0.3 is 0 Å². The molecule has 0 fully saturated rings. The Morgan fingerprint density at radius 2 is 1.91 bits per heavy atom. The van der Waals surface area contributed by atoms with Crippen LogP contribution in [-0.4, -0.2) is 23.0 Å². The average molecular weight is 295 g/mol. The summed E-state index contributed by atoms with van der Waals surface area (Å²) in [6, 6.07) is 12.3. The lowest BCUT2D eigenvalue weighted by molar-refractivity contribution is 0.415. The summed E-state index contributed by atoms with van der Waals surface area (Å²) in [5, 5.41) is 3.42. The van der Waals surface area contributed by atoms with Gasteiger partial charge < -0.3 is 14.5 Å². The Kier molecular flexibility index (Phi) is 4.00. The average Bonchev–Trinajstić information content (AvgIpc) is 2.97. The number of nitrogens with zero attached hydrogens (tertiary/aromatic N) is 2. The lowest BCUT2D eigenvalue weighted by atomic mass is 10.1. The van der Waals surface area contributed by atoms with Crippen LogP contribution in [0.25, 0.3) is 16.8 Å². The molecule has 0 radical (unpaired) electrons. The van der Waals surface area contributed by atoms with Crippen LogP contribution < -0.4 is 10.1 Å². The third kappa shape index (κ3) is 2.77. The third-order valence-electron chi connectivity index (χ3n) is 3.64. The highest BCUT2D eigenvalue weighted by atomic mass is 16.5. The van der Waals surface area contributed by atoms with Crippen LogP contribution in [0.5, 0.6) is 5.75 Å². The standard InChI is InChI=1S/C18H21N3O/c1-13(2)12-20-18-17-9-8-16(21(17)11-10-19-18)14-4-6-15(22-3)7-5-14/h4-11,13H,12H2,1-3H3,(H,19,20). The van der Waals surface area contributed by atoms with E-state index in [1.54, 1.807) is 7.11 Å². The van der Waals surface area contributed by atoms with Crippen LogP contribution in [0.2, 0.25) is 0 Å². The number of ether oxygens (including phenoxy) is 1. The Morgan fingerprint density at radius 1 is 1.14 bits per heavy atom. The Hall–Kier alpha value is -2.49. The molecule has 1 aromatic carbocycles. The molecule has 114 valence electrons. The summed E-state index contributed by atoms with van der Waals surface area (Å²) >= 11 is 0. The van der Waals surface area contributed by atoms with Crippen molar-refractivity contribution in [3.63, 3.8) is 0 Å². The molecule has 0 spiro atoms. The fraction of sp³-hybridized carbons (Fsp3) is 0.278. The van der Waals surface area contributed by atoms with Crippen molar-refractivity contribution in [2.24, 2.45) is 5.92 Å². The number of fused-ring (bicyclic) bond motifs is 1. The van der Waals surface area contributed by atoms with Gasteiger partial charge in [0.2, 0.25) is 0 Å². The Morgan fingerprint density at radius 3 is 2.59 bits per heavy atom. The maximum absolute atomic E-state index is 5.22. The van der Waals surface area contributed by atoms with E-state index in [1.807, 2.05) is 24.5 Å². The third-order valence-corrected chi connectivity index (χ3v) is 3.64. The van der Waals surface area contributed by atoms with Crippen LogP contribution in [0, 0.1) is 5.92 Å². The highest BCUT2D eigenvalue weighted by Gasteiger charge is 2.09. The summed E-state index contributed by atoms with van der Waals surface area (Å²) in [5.41, 5.74) is 3.39. The second kappa shape index (κ2) is 6.10. The minimum atomic E-state index is 0.582. The molecule has 0 atom stereocenters. The van der Waals surface area contributed by atoms with Crippen LogP contribution in [0.15, 0.2) is 48.8 Å². The van der Waals surface area contributed by atoms with E-state index in [-0.39, 0.29) is 0 Å². The lowest BCUT2D eigenvalue weighted by Gasteiger charge is -2.10. The first-order valence-corrected chi connectivity index (χ1v) is 7.53. The van der Waals surface area contributed by atoms with Crippen LogP contribution in [-0.2, 0) is 0 Å². The molecule has 4 nitrogen and oxygen atoms in total. The van der Waals surface area contributed by atoms with Gasteiger partial charge in [-0.2, -0.15) is 0 Å². The number of rotatable bonds is 5. The molecule has 0 saturated carbocycles. The molecule has 22 heavy (non-hydrogen) atoms. The van der Waals surface area contributed by atoms with E-state index in [1.165, 1.54) is 0 Å². The summed E-state index contributed by atoms with van der Waals surface area (Å²) in [6.45, 7) is 5.29. The lowest BCUT2D eigenvalue weighted by Crippen LogP contribution is -2.10. The maximum atomic E-state index is 5.22. The topological polar surface area (TPSA) is 38.6 Å². The van der Waals surface area contributed by atoms with Gasteiger partial charge in [0.25, 0.3) is 0 Å². The normalized spacial score (nSPS) is 11.1. The van der Waals surface area contributed by atoms with Crippen molar-refractivity contribution in [3.05, 3.63) is 48.8 Å². The molecule has 3 aromatic rings. The summed E-state index contributed by atoms with van der Waals surface area (Å²) in [5.74, 6) is 2.37. The first kappa shape index (κ1) is 14.4. The van der Waals surface area contributed by atoms with E-state index in [2.05, 4.69) is 52.8 Å². The SMILES string of the molecule is COc1ccc(-c2ccc3c(NCC(C)C)nccn23)cc1. The van der Waals surface area contributed by atoms with E-state index in [0.717, 1.165) is 34.9 Å². The largest absolute Gasteiger partial charge is 0.497 e. The van der Waals surface area contributed by atoms with E-state index in [4.69, 9.17) is 4.74 Å². The fourth-order valence-corrected chi connectivity index (χ4v) is 2.48. The molecule has 0 unspecified atom stereocenters. The van der Waals surface area contributed by atoms with Crippen molar-refractivity contribution in [3.8, 4) is 17.0 Å². The van der Waals surface area contributed by atoms with Gasteiger partial charge in [-0.1, -0.05) is 13.8 Å². The minimum Gasteiger partial charge on any atom is -0.497 e. The number of aromatic nitrogens is 2. The van der Waals surface area contributed by atoms with Gasteiger partial charge in [-0.05, 0) is 47.9 Å². The van der Waals surface area contributed by atoms with Gasteiger partial charge in [0, 0.05) is 18.9 Å². The smallest absolute Gasteiger partial charge is 0.150 e. The van der Waals surface area contributed by atoms with Crippen molar-refractivity contribution in [1.29, 1.82) is 0 Å². The number of methoxy groups -OCH3 is 1. The van der Waals surface area contributed by atoms with Crippen molar-refractivity contribution < 1.29 is 4.74 Å². The van der Waals surface area contributed by atoms with Crippen LogP contribution in [0.4, 0.5) is 5.82 Å². The number of nitrogens with one attached hydrogen (secondary N) is 1. The summed E-state index contributed by atoms with van der Waals surface area (Å²) in [7, 11) is 1.68. The summed E-state index contributed by atoms with van der Waals surface area (Å²) in [4.78, 5) is 4.46. The summed E-state index contributed by atoms with van der Waals surface area (Å²) < 4.78 is 7.38. The predicted molar refractivity (Wildman–Crippen MR) is 90.5 cm³/mol. The fourth-order valence-electron chi connectivity index (χ4n) is 2.48. The minimum absolute atomic E-state index is 0.582. The number of hydrogen-bond donors (Lipinski definition) is 1. The number of hydrogen-bond acceptors (Lipinski definition) is 3. The van der Waals surface area contributed by atoms with Gasteiger partial charge in [0.15, 0.2) is 0 Å². The van der Waals surface area contributed by atoms with Crippen molar-refractivity contribution in [2.45, 2.75) is 13.8 Å². The predicted octanol–water partition coefficient (Wildman–Crippen LogP) is 4.08. The highest BCUT2D eigenvalue weighted by molar-refractivity contribution is 5.75. The molecule has 0 aliphatic rings. The molecule has 0 saturated heterocycles. The van der Waals surface area contributed by atoms with E-state index < -0.39 is 0 Å². The Bertz CT molecular complexity index is 760. The molecule has 2 aromatic heterocycles. The van der Waals surface area contributed by atoms with Gasteiger partial charge in [-0.15, -0.1) is 0 Å². The Labute approximate surface area is 130 Å². The molecular weight excluding hydrogens is 274 g/mol. The molecule has 1 N–H and O–H groups in total. The zero-order valence-corrected chi connectivity index (χ0v) is 13.2. The molecule has 3 rings (SSSR count). The molecule has 0 aliphatic carbocycles. The highest BCUT2D eigenvalue weighted by Crippen LogP contribution is 2.27. The quantitative estimate of drug-likeness (QED) is 0.771. The van der Waals surface area contributed by atoms with Crippen molar-refractivity contribution in [2.75, 3.05) is 19.0 Å². The van der Waals surface area contributed by atoms with E-state index in [9.17, 15) is 0 Å². The first-order chi connectivity index (χ1) is 10.7. The van der Waals surface area contributed by atoms with E-state index in [0.29, 0.717) is 5.92 Å². The molecule has 2 heterocycles. The maximum Gasteiger partial charge on any atom is 0.150 e. The van der Waals surface area contributed by atoms with Crippen molar-refractivity contribution in [1.82, 2.24) is 9.38 Å². The number of anilines is 1. The van der Waals surface area contributed by atoms with Gasteiger partial charge in [0.05, 0.1) is 18.3 Å². The molecular formula is C18H21N3O.